The van der Waals surface area contributed by atoms with Crippen LogP contribution in [0.15, 0.2) is 0 Å². The predicted octanol–water partition coefficient (Wildman–Crippen LogP) is 0.270. The summed E-state index contributed by atoms with van der Waals surface area (Å²) in [5.74, 6) is 0.117. The maximum absolute atomic E-state index is 11.7. The van der Waals surface area contributed by atoms with Gasteiger partial charge in [-0.1, -0.05) is 13.8 Å². The van der Waals surface area contributed by atoms with E-state index in [0.717, 1.165) is 0 Å². The lowest BCUT2D eigenvalue weighted by atomic mass is 10.2. The molecular weight excluding hydrogens is 248 g/mol. The maximum atomic E-state index is 11.7. The van der Waals surface area contributed by atoms with E-state index in [1.165, 1.54) is 7.11 Å². The zero-order valence-corrected chi connectivity index (χ0v) is 12.4. The van der Waals surface area contributed by atoms with Gasteiger partial charge in [-0.05, 0) is 5.92 Å². The highest BCUT2D eigenvalue weighted by atomic mass is 16.5. The van der Waals surface area contributed by atoms with Gasteiger partial charge in [0.15, 0.2) is 0 Å². The van der Waals surface area contributed by atoms with Crippen LogP contribution in [0.4, 0.5) is 0 Å². The van der Waals surface area contributed by atoms with Crippen molar-refractivity contribution in [3.8, 4) is 0 Å². The second kappa shape index (κ2) is 10.8. The number of carbonyl (C=O) groups excluding carboxylic acids is 2. The number of nitrogens with zero attached hydrogens (tertiary/aromatic N) is 1. The van der Waals surface area contributed by atoms with E-state index in [0.29, 0.717) is 32.2 Å². The first-order valence-corrected chi connectivity index (χ1v) is 6.54. The number of methoxy groups -OCH3 is 2. The average Bonchev–Trinajstić information content (AvgIpc) is 2.38. The summed E-state index contributed by atoms with van der Waals surface area (Å²) in [7, 11) is 2.97. The Labute approximate surface area is 115 Å². The Morgan fingerprint density at radius 1 is 1.21 bits per heavy atom. The highest BCUT2D eigenvalue weighted by molar-refractivity contribution is 5.78. The lowest BCUT2D eigenvalue weighted by molar-refractivity contribution is -0.141. The van der Waals surface area contributed by atoms with Crippen molar-refractivity contribution in [3.63, 3.8) is 0 Å². The van der Waals surface area contributed by atoms with E-state index >= 15 is 0 Å². The van der Waals surface area contributed by atoms with Crippen molar-refractivity contribution in [2.45, 2.75) is 20.3 Å². The number of hydrogen-bond acceptors (Lipinski definition) is 5. The molecule has 0 aliphatic rings. The quantitative estimate of drug-likeness (QED) is 0.579. The van der Waals surface area contributed by atoms with Crippen molar-refractivity contribution in [3.05, 3.63) is 0 Å². The zero-order valence-electron chi connectivity index (χ0n) is 12.4. The van der Waals surface area contributed by atoms with E-state index < -0.39 is 0 Å². The minimum absolute atomic E-state index is 0.0327. The molecule has 0 aromatic heterocycles. The zero-order chi connectivity index (χ0) is 14.7. The molecule has 0 saturated heterocycles. The Morgan fingerprint density at radius 2 is 1.89 bits per heavy atom. The lowest BCUT2D eigenvalue weighted by Gasteiger charge is -2.21. The predicted molar refractivity (Wildman–Crippen MR) is 72.8 cm³/mol. The summed E-state index contributed by atoms with van der Waals surface area (Å²) in [6, 6.07) is 0. The molecule has 0 aliphatic heterocycles. The fraction of sp³-hybridized carbons (Fsp3) is 0.846. The maximum Gasteiger partial charge on any atom is 0.306 e. The number of nitrogens with one attached hydrogen (secondary N) is 1. The third-order valence-corrected chi connectivity index (χ3v) is 2.55. The fourth-order valence-electron chi connectivity index (χ4n) is 1.42. The summed E-state index contributed by atoms with van der Waals surface area (Å²) in [6.45, 7) is 6.65. The molecule has 6 heteroatoms. The molecule has 0 radical (unpaired) electrons. The van der Waals surface area contributed by atoms with Crippen molar-refractivity contribution in [1.29, 1.82) is 0 Å². The van der Waals surface area contributed by atoms with E-state index in [2.05, 4.69) is 10.1 Å². The van der Waals surface area contributed by atoms with Gasteiger partial charge in [0.2, 0.25) is 5.91 Å². The van der Waals surface area contributed by atoms with Crippen LogP contribution >= 0.6 is 0 Å². The van der Waals surface area contributed by atoms with Crippen LogP contribution in [0.5, 0.6) is 0 Å². The van der Waals surface area contributed by atoms with E-state index in [1.807, 2.05) is 18.7 Å². The number of ether oxygens (including phenoxy) is 2. The summed E-state index contributed by atoms with van der Waals surface area (Å²) in [5, 5.41) is 2.85. The topological polar surface area (TPSA) is 67.9 Å². The number of rotatable bonds is 10. The fourth-order valence-corrected chi connectivity index (χ4v) is 1.42. The monoisotopic (exact) mass is 274 g/mol. The van der Waals surface area contributed by atoms with E-state index in [-0.39, 0.29) is 24.8 Å². The minimum Gasteiger partial charge on any atom is -0.469 e. The minimum atomic E-state index is -0.273. The molecule has 112 valence electrons. The highest BCUT2D eigenvalue weighted by Crippen LogP contribution is 1.95. The van der Waals surface area contributed by atoms with Gasteiger partial charge in [-0.3, -0.25) is 14.5 Å². The highest BCUT2D eigenvalue weighted by Gasteiger charge is 2.12. The van der Waals surface area contributed by atoms with Crippen LogP contribution in [0.3, 0.4) is 0 Å². The second-order valence-electron chi connectivity index (χ2n) is 4.79. The molecule has 0 bridgehead atoms. The standard InChI is InChI=1S/C13H26N2O4/c1-11(2)9-14-12(16)10-15(7-8-18-3)6-5-13(17)19-4/h11H,5-10H2,1-4H3,(H,14,16). The molecule has 0 heterocycles. The first-order chi connectivity index (χ1) is 8.99. The third kappa shape index (κ3) is 10.5. The summed E-state index contributed by atoms with van der Waals surface area (Å²) >= 11 is 0. The Balaban J connectivity index is 4.09. The van der Waals surface area contributed by atoms with Crippen LogP contribution in [0, 0.1) is 5.92 Å². The molecule has 0 fully saturated rings. The average molecular weight is 274 g/mol. The Morgan fingerprint density at radius 3 is 2.42 bits per heavy atom. The molecule has 0 saturated carbocycles. The Kier molecular flexibility index (Phi) is 10.1. The van der Waals surface area contributed by atoms with Crippen LogP contribution in [-0.2, 0) is 19.1 Å². The molecule has 0 aromatic carbocycles. The molecular formula is C13H26N2O4. The van der Waals surface area contributed by atoms with Gasteiger partial charge >= 0.3 is 5.97 Å². The molecule has 0 unspecified atom stereocenters. The smallest absolute Gasteiger partial charge is 0.306 e. The van der Waals surface area contributed by atoms with Gasteiger partial charge in [0, 0.05) is 26.7 Å². The van der Waals surface area contributed by atoms with Crippen molar-refractivity contribution < 1.29 is 19.1 Å². The van der Waals surface area contributed by atoms with Crippen LogP contribution in [0.25, 0.3) is 0 Å². The normalized spacial score (nSPS) is 10.8. The largest absolute Gasteiger partial charge is 0.469 e. The SMILES string of the molecule is COCCN(CCC(=O)OC)CC(=O)NCC(C)C. The summed E-state index contributed by atoms with van der Waals surface area (Å²) < 4.78 is 9.59. The van der Waals surface area contributed by atoms with Gasteiger partial charge in [0.25, 0.3) is 0 Å². The van der Waals surface area contributed by atoms with Crippen LogP contribution in [0.1, 0.15) is 20.3 Å². The second-order valence-corrected chi connectivity index (χ2v) is 4.79. The molecule has 0 spiro atoms. The van der Waals surface area contributed by atoms with E-state index in [4.69, 9.17) is 4.74 Å². The molecule has 0 aliphatic carbocycles. The van der Waals surface area contributed by atoms with Crippen LogP contribution in [0.2, 0.25) is 0 Å². The van der Waals surface area contributed by atoms with Crippen molar-refractivity contribution in [2.75, 3.05) is 47.0 Å². The van der Waals surface area contributed by atoms with Gasteiger partial charge in [0.1, 0.15) is 0 Å². The number of carbonyl (C=O) groups is 2. The van der Waals surface area contributed by atoms with Crippen LogP contribution in [-0.4, -0.2) is 63.8 Å². The molecule has 6 nitrogen and oxygen atoms in total. The van der Waals surface area contributed by atoms with Gasteiger partial charge in [-0.25, -0.2) is 0 Å². The summed E-state index contributed by atoms with van der Waals surface area (Å²) in [5.41, 5.74) is 0. The molecule has 1 amide bonds. The Hall–Kier alpha value is -1.14. The third-order valence-electron chi connectivity index (χ3n) is 2.55. The van der Waals surface area contributed by atoms with Gasteiger partial charge in [-0.15, -0.1) is 0 Å². The van der Waals surface area contributed by atoms with Gasteiger partial charge in [-0.2, -0.15) is 0 Å². The first-order valence-electron chi connectivity index (χ1n) is 6.54. The summed E-state index contributed by atoms with van der Waals surface area (Å²) in [4.78, 5) is 24.7. The first kappa shape index (κ1) is 17.9. The van der Waals surface area contributed by atoms with Crippen molar-refractivity contribution in [2.24, 2.45) is 5.92 Å². The number of esters is 1. The van der Waals surface area contributed by atoms with Gasteiger partial charge < -0.3 is 14.8 Å². The van der Waals surface area contributed by atoms with E-state index in [1.54, 1.807) is 7.11 Å². The molecule has 0 atom stereocenters. The molecule has 1 N–H and O–H groups in total. The van der Waals surface area contributed by atoms with E-state index in [9.17, 15) is 9.59 Å². The number of hydrogen-bond donors (Lipinski definition) is 1. The molecule has 0 aromatic rings. The van der Waals surface area contributed by atoms with Crippen molar-refractivity contribution >= 4 is 11.9 Å². The lowest BCUT2D eigenvalue weighted by Crippen LogP contribution is -2.40. The molecule has 19 heavy (non-hydrogen) atoms. The molecule has 0 rings (SSSR count). The Bertz CT molecular complexity index is 269. The summed E-state index contributed by atoms with van der Waals surface area (Å²) in [6.07, 6.45) is 0.275. The van der Waals surface area contributed by atoms with Crippen molar-refractivity contribution in [1.82, 2.24) is 10.2 Å². The van der Waals surface area contributed by atoms with Gasteiger partial charge in [0.05, 0.1) is 26.7 Å². The number of amides is 1. The van der Waals surface area contributed by atoms with Crippen LogP contribution < -0.4 is 5.32 Å².